The van der Waals surface area contributed by atoms with Crippen molar-refractivity contribution in [3.63, 3.8) is 0 Å². The molecule has 178 valence electrons. The Bertz CT molecular complexity index is 1210. The van der Waals surface area contributed by atoms with Crippen LogP contribution >= 0.6 is 0 Å². The van der Waals surface area contributed by atoms with E-state index in [4.69, 9.17) is 0 Å². The Morgan fingerprint density at radius 2 is 1.56 bits per heavy atom. The maximum atomic E-state index is 13.6. The van der Waals surface area contributed by atoms with Gasteiger partial charge in [-0.1, -0.05) is 66.7 Å². The minimum Gasteiger partial charge on any atom is -0.355 e. The predicted octanol–water partition coefficient (Wildman–Crippen LogP) is 4.30. The second kappa shape index (κ2) is 10.5. The van der Waals surface area contributed by atoms with E-state index >= 15 is 0 Å². The van der Waals surface area contributed by atoms with Crippen molar-refractivity contribution < 1.29 is 17.6 Å². The average Bonchev–Trinajstić information content (AvgIpc) is 2.87. The van der Waals surface area contributed by atoms with E-state index in [2.05, 4.69) is 17.4 Å². The van der Waals surface area contributed by atoms with Gasteiger partial charge in [0.25, 0.3) is 0 Å². The molecule has 1 saturated heterocycles. The molecule has 0 radical (unpaired) electrons. The van der Waals surface area contributed by atoms with Crippen LogP contribution in [-0.2, 0) is 26.7 Å². The van der Waals surface area contributed by atoms with Gasteiger partial charge < -0.3 is 5.32 Å². The monoisotopic (exact) mass is 480 g/mol. The van der Waals surface area contributed by atoms with Crippen LogP contribution in [0.4, 0.5) is 4.39 Å². The smallest absolute Gasteiger partial charge is 0.243 e. The van der Waals surface area contributed by atoms with Crippen LogP contribution in [0.25, 0.3) is 0 Å². The Kier molecular flexibility index (Phi) is 7.44. The van der Waals surface area contributed by atoms with Crippen molar-refractivity contribution in [3.05, 3.63) is 102 Å². The third-order valence-corrected chi connectivity index (χ3v) is 8.44. The van der Waals surface area contributed by atoms with Crippen LogP contribution in [-0.4, -0.2) is 38.3 Å². The van der Waals surface area contributed by atoms with E-state index in [1.165, 1.54) is 28.1 Å². The highest BCUT2D eigenvalue weighted by Gasteiger charge is 2.45. The van der Waals surface area contributed by atoms with Gasteiger partial charge >= 0.3 is 0 Å². The van der Waals surface area contributed by atoms with Gasteiger partial charge in [0.1, 0.15) is 5.82 Å². The van der Waals surface area contributed by atoms with Crippen molar-refractivity contribution in [2.75, 3.05) is 19.6 Å². The lowest BCUT2D eigenvalue weighted by atomic mass is 9.72. The normalized spacial score (nSPS) is 16.1. The Morgan fingerprint density at radius 3 is 2.21 bits per heavy atom. The van der Waals surface area contributed by atoms with Gasteiger partial charge in [-0.25, -0.2) is 12.8 Å². The lowest BCUT2D eigenvalue weighted by molar-refractivity contribution is -0.128. The fraction of sp³-hybridized carbons (Fsp3) is 0.296. The molecule has 0 bridgehead atoms. The van der Waals surface area contributed by atoms with Crippen molar-refractivity contribution in [1.29, 1.82) is 0 Å². The molecule has 7 heteroatoms. The summed E-state index contributed by atoms with van der Waals surface area (Å²) in [5, 5.41) is 3.10. The van der Waals surface area contributed by atoms with Crippen LogP contribution in [0.5, 0.6) is 0 Å². The summed E-state index contributed by atoms with van der Waals surface area (Å²) in [6.45, 7) is 0.921. The molecule has 1 aliphatic heterocycles. The number of nitrogens with zero attached hydrogens (tertiary/aromatic N) is 1. The second-order valence-corrected chi connectivity index (χ2v) is 10.6. The quantitative estimate of drug-likeness (QED) is 0.489. The molecule has 1 aliphatic rings. The zero-order valence-electron chi connectivity index (χ0n) is 19.0. The number of benzene rings is 3. The maximum Gasteiger partial charge on any atom is 0.243 e. The van der Waals surface area contributed by atoms with Crippen LogP contribution < -0.4 is 5.32 Å². The van der Waals surface area contributed by atoms with E-state index in [-0.39, 0.29) is 23.9 Å². The molecule has 0 atom stereocenters. The lowest BCUT2D eigenvalue weighted by Crippen LogP contribution is -2.53. The number of rotatable bonds is 8. The summed E-state index contributed by atoms with van der Waals surface area (Å²) in [5.74, 6) is -0.666. The number of hydrogen-bond donors (Lipinski definition) is 1. The van der Waals surface area contributed by atoms with Gasteiger partial charge in [-0.15, -0.1) is 0 Å². The van der Waals surface area contributed by atoms with Gasteiger partial charge in [0.05, 0.1) is 10.3 Å². The third kappa shape index (κ3) is 5.21. The highest BCUT2D eigenvalue weighted by molar-refractivity contribution is 7.89. The topological polar surface area (TPSA) is 66.5 Å². The summed E-state index contributed by atoms with van der Waals surface area (Å²) in [5.41, 5.74) is 1.31. The number of halogens is 1. The standard InChI is InChI=1S/C27H29FN2O3S/c28-24-14-7-15-25(21-24)34(32,33)30-19-16-27(17-20-30,23-12-5-2-6-13-23)26(31)29-18-8-11-22-9-3-1-4-10-22/h1-7,9-10,12-15,21H,8,11,16-20H2,(H,29,31). The molecule has 4 rings (SSSR count). The number of piperidine rings is 1. The summed E-state index contributed by atoms with van der Waals surface area (Å²) in [6, 6.07) is 24.7. The molecule has 0 aromatic heterocycles. The molecule has 0 spiro atoms. The summed E-state index contributed by atoms with van der Waals surface area (Å²) >= 11 is 0. The first-order valence-corrected chi connectivity index (χ1v) is 13.0. The molecular weight excluding hydrogens is 451 g/mol. The van der Waals surface area contributed by atoms with Gasteiger partial charge in [0.15, 0.2) is 0 Å². The van der Waals surface area contributed by atoms with Crippen molar-refractivity contribution >= 4 is 15.9 Å². The molecule has 3 aromatic rings. The largest absolute Gasteiger partial charge is 0.355 e. The summed E-state index contributed by atoms with van der Waals surface area (Å²) in [4.78, 5) is 13.4. The SMILES string of the molecule is O=C(NCCCc1ccccc1)C1(c2ccccc2)CCN(S(=O)(=O)c2cccc(F)c2)CC1. The predicted molar refractivity (Wildman–Crippen MR) is 130 cm³/mol. The Morgan fingerprint density at radius 1 is 0.912 bits per heavy atom. The lowest BCUT2D eigenvalue weighted by Gasteiger charge is -2.40. The molecule has 0 unspecified atom stereocenters. The Hall–Kier alpha value is -3.03. The first kappa shape index (κ1) is 24.1. The summed E-state index contributed by atoms with van der Waals surface area (Å²) in [6.07, 6.45) is 2.41. The number of carbonyl (C=O) groups excluding carboxylic acids is 1. The summed E-state index contributed by atoms with van der Waals surface area (Å²) < 4.78 is 41.1. The molecule has 0 aliphatic carbocycles. The molecule has 5 nitrogen and oxygen atoms in total. The molecule has 34 heavy (non-hydrogen) atoms. The molecule has 1 amide bonds. The number of nitrogens with one attached hydrogen (secondary N) is 1. The number of hydrogen-bond acceptors (Lipinski definition) is 3. The van der Waals surface area contributed by atoms with Crippen molar-refractivity contribution in [3.8, 4) is 0 Å². The van der Waals surface area contributed by atoms with Crippen LogP contribution in [0.1, 0.15) is 30.4 Å². The Labute approximate surface area is 200 Å². The fourth-order valence-electron chi connectivity index (χ4n) is 4.60. The number of carbonyl (C=O) groups is 1. The molecule has 3 aromatic carbocycles. The van der Waals surface area contributed by atoms with Gasteiger partial charge in [-0.05, 0) is 55.0 Å². The van der Waals surface area contributed by atoms with Gasteiger partial charge in [0.2, 0.25) is 15.9 Å². The van der Waals surface area contributed by atoms with E-state index in [1.807, 2.05) is 48.5 Å². The minimum absolute atomic E-state index is 0.0647. The van der Waals surface area contributed by atoms with Gasteiger partial charge in [0, 0.05) is 19.6 Å². The molecule has 1 fully saturated rings. The minimum atomic E-state index is -3.83. The maximum absolute atomic E-state index is 13.6. The number of aryl methyl sites for hydroxylation is 1. The van der Waals surface area contributed by atoms with Crippen LogP contribution in [0.3, 0.4) is 0 Å². The fourth-order valence-corrected chi connectivity index (χ4v) is 6.07. The number of sulfonamides is 1. The molecular formula is C27H29FN2O3S. The average molecular weight is 481 g/mol. The van der Waals surface area contributed by atoms with E-state index in [9.17, 15) is 17.6 Å². The van der Waals surface area contributed by atoms with E-state index < -0.39 is 21.3 Å². The van der Waals surface area contributed by atoms with Crippen LogP contribution in [0.2, 0.25) is 0 Å². The number of amides is 1. The Balaban J connectivity index is 1.46. The van der Waals surface area contributed by atoms with Gasteiger partial charge in [-0.3, -0.25) is 4.79 Å². The molecule has 1 heterocycles. The second-order valence-electron chi connectivity index (χ2n) is 8.65. The van der Waals surface area contributed by atoms with Crippen molar-refractivity contribution in [2.45, 2.75) is 36.0 Å². The molecule has 1 N–H and O–H groups in total. The zero-order valence-corrected chi connectivity index (χ0v) is 19.8. The first-order chi connectivity index (χ1) is 16.4. The van der Waals surface area contributed by atoms with Crippen LogP contribution in [0, 0.1) is 5.82 Å². The summed E-state index contributed by atoms with van der Waals surface area (Å²) in [7, 11) is -3.83. The van der Waals surface area contributed by atoms with Crippen molar-refractivity contribution in [1.82, 2.24) is 9.62 Å². The van der Waals surface area contributed by atoms with Crippen molar-refractivity contribution in [2.24, 2.45) is 0 Å². The first-order valence-electron chi connectivity index (χ1n) is 11.6. The third-order valence-electron chi connectivity index (χ3n) is 6.54. The molecule has 0 saturated carbocycles. The highest BCUT2D eigenvalue weighted by Crippen LogP contribution is 2.37. The van der Waals surface area contributed by atoms with E-state index in [0.29, 0.717) is 19.4 Å². The van der Waals surface area contributed by atoms with E-state index in [1.54, 1.807) is 0 Å². The van der Waals surface area contributed by atoms with E-state index in [0.717, 1.165) is 24.5 Å². The zero-order chi connectivity index (χ0) is 24.0. The van der Waals surface area contributed by atoms with Gasteiger partial charge in [-0.2, -0.15) is 4.31 Å². The highest BCUT2D eigenvalue weighted by atomic mass is 32.2. The van der Waals surface area contributed by atoms with Crippen LogP contribution in [0.15, 0.2) is 89.8 Å².